The van der Waals surface area contributed by atoms with Crippen LogP contribution in [-0.4, -0.2) is 34.8 Å². The summed E-state index contributed by atoms with van der Waals surface area (Å²) in [4.78, 5) is 11.1. The van der Waals surface area contributed by atoms with Crippen molar-refractivity contribution in [2.24, 2.45) is 5.92 Å². The van der Waals surface area contributed by atoms with E-state index in [1.807, 2.05) is 6.07 Å². The number of hydrogen-bond acceptors (Lipinski definition) is 3. The van der Waals surface area contributed by atoms with Crippen molar-refractivity contribution in [3.63, 3.8) is 0 Å². The minimum atomic E-state index is -6.06. The second kappa shape index (κ2) is 7.28. The predicted molar refractivity (Wildman–Crippen MR) is 69.4 cm³/mol. The lowest BCUT2D eigenvalue weighted by atomic mass is 9.86. The van der Waals surface area contributed by atoms with Gasteiger partial charge in [-0.3, -0.25) is 4.79 Å². The maximum absolute atomic E-state index is 13.5. The van der Waals surface area contributed by atoms with Gasteiger partial charge in [0, 0.05) is 19.3 Å². The van der Waals surface area contributed by atoms with E-state index in [2.05, 4.69) is 0 Å². The van der Waals surface area contributed by atoms with Crippen LogP contribution in [0, 0.1) is 17.2 Å². The van der Waals surface area contributed by atoms with Crippen molar-refractivity contribution in [2.45, 2.75) is 55.4 Å². The number of nitrogens with zero attached hydrogens (tertiary/aromatic N) is 1. The number of carbonyl (C=O) groups excluding carboxylic acids is 1. The molecular weight excluding hydrogens is 351 g/mol. The standard InChI is InChI=1S/C13H14F7NOS/c14-11(12(15,16)17,13(18,19)20)5-6-23-10(7-21)8-1-3-9(22)4-2-8/h8,10H,1-6H2. The van der Waals surface area contributed by atoms with Crippen LogP contribution in [0.3, 0.4) is 0 Å². The van der Waals surface area contributed by atoms with Gasteiger partial charge in [0.05, 0.1) is 11.3 Å². The first-order valence-corrected chi connectivity index (χ1v) is 7.82. The normalized spacial score (nSPS) is 19.5. The zero-order chi connectivity index (χ0) is 17.9. The molecule has 0 aromatic heterocycles. The fourth-order valence-electron chi connectivity index (χ4n) is 2.31. The number of Topliss-reactive ketones (excluding diaryl/α,β-unsaturated/α-hetero) is 1. The van der Waals surface area contributed by atoms with Crippen LogP contribution in [0.1, 0.15) is 32.1 Å². The van der Waals surface area contributed by atoms with Gasteiger partial charge in [-0.15, -0.1) is 11.8 Å². The Labute approximate surface area is 132 Å². The summed E-state index contributed by atoms with van der Waals surface area (Å²) in [6.07, 6.45) is -12.7. The van der Waals surface area contributed by atoms with Crippen LogP contribution in [0.2, 0.25) is 0 Å². The summed E-state index contributed by atoms with van der Waals surface area (Å²) in [5.74, 6) is -1.06. The van der Waals surface area contributed by atoms with E-state index in [0.29, 0.717) is 24.6 Å². The van der Waals surface area contributed by atoms with Gasteiger partial charge in [-0.2, -0.15) is 31.6 Å². The van der Waals surface area contributed by atoms with Crippen LogP contribution in [-0.2, 0) is 4.79 Å². The van der Waals surface area contributed by atoms with Crippen LogP contribution in [0.4, 0.5) is 30.7 Å². The largest absolute Gasteiger partial charge is 0.431 e. The monoisotopic (exact) mass is 365 g/mol. The molecule has 0 aliphatic heterocycles. The molecule has 132 valence electrons. The number of ketones is 1. The van der Waals surface area contributed by atoms with Gasteiger partial charge in [0.1, 0.15) is 5.78 Å². The Kier molecular flexibility index (Phi) is 6.35. The second-order valence-corrected chi connectivity index (χ2v) is 6.59. The van der Waals surface area contributed by atoms with Gasteiger partial charge < -0.3 is 0 Å². The summed E-state index contributed by atoms with van der Waals surface area (Å²) in [5, 5.41) is 8.15. The predicted octanol–water partition coefficient (Wildman–Crippen LogP) is 4.59. The molecule has 0 N–H and O–H groups in total. The summed E-state index contributed by atoms with van der Waals surface area (Å²) in [7, 11) is 0. The highest BCUT2D eigenvalue weighted by Crippen LogP contribution is 2.49. The van der Waals surface area contributed by atoms with Gasteiger partial charge in [0.2, 0.25) is 0 Å². The first-order chi connectivity index (χ1) is 10.4. The molecule has 0 radical (unpaired) electrons. The van der Waals surface area contributed by atoms with E-state index >= 15 is 0 Å². The number of nitriles is 1. The third kappa shape index (κ3) is 4.75. The van der Waals surface area contributed by atoms with Gasteiger partial charge in [0.15, 0.2) is 0 Å². The molecule has 0 aromatic rings. The highest BCUT2D eigenvalue weighted by Gasteiger charge is 2.71. The van der Waals surface area contributed by atoms with Crippen molar-refractivity contribution in [1.29, 1.82) is 5.26 Å². The lowest BCUT2D eigenvalue weighted by Gasteiger charge is -2.30. The fraction of sp³-hybridized carbons (Fsp3) is 0.846. The Morgan fingerprint density at radius 3 is 1.96 bits per heavy atom. The number of rotatable bonds is 5. The van der Waals surface area contributed by atoms with Crippen LogP contribution >= 0.6 is 11.8 Å². The van der Waals surface area contributed by atoms with Crippen molar-refractivity contribution in [3.05, 3.63) is 0 Å². The van der Waals surface area contributed by atoms with Crippen molar-refractivity contribution in [1.82, 2.24) is 0 Å². The minimum Gasteiger partial charge on any atom is -0.300 e. The maximum Gasteiger partial charge on any atom is 0.431 e. The summed E-state index contributed by atoms with van der Waals surface area (Å²) in [5.41, 5.74) is -5.28. The van der Waals surface area contributed by atoms with E-state index < -0.39 is 35.4 Å². The molecule has 10 heteroatoms. The smallest absolute Gasteiger partial charge is 0.300 e. The van der Waals surface area contributed by atoms with E-state index in [1.165, 1.54) is 0 Å². The first-order valence-electron chi connectivity index (χ1n) is 6.77. The minimum absolute atomic E-state index is 0.0138. The fourth-order valence-corrected chi connectivity index (χ4v) is 3.59. The molecule has 1 fully saturated rings. The summed E-state index contributed by atoms with van der Waals surface area (Å²) in [6, 6.07) is 1.82. The van der Waals surface area contributed by atoms with Crippen molar-refractivity contribution >= 4 is 17.5 Å². The molecule has 0 heterocycles. The quantitative estimate of drug-likeness (QED) is 0.669. The Hall–Kier alpha value is -0.980. The number of hydrogen-bond donors (Lipinski definition) is 0. The molecule has 0 bridgehead atoms. The molecule has 1 aliphatic rings. The molecule has 0 aromatic carbocycles. The average molecular weight is 365 g/mol. The van der Waals surface area contributed by atoms with Gasteiger partial charge >= 0.3 is 12.4 Å². The van der Waals surface area contributed by atoms with E-state index in [9.17, 15) is 35.5 Å². The van der Waals surface area contributed by atoms with Crippen LogP contribution in [0.25, 0.3) is 0 Å². The van der Waals surface area contributed by atoms with Gasteiger partial charge in [0.25, 0.3) is 5.67 Å². The molecule has 1 unspecified atom stereocenters. The molecule has 1 atom stereocenters. The molecule has 23 heavy (non-hydrogen) atoms. The van der Waals surface area contributed by atoms with Crippen molar-refractivity contribution in [3.8, 4) is 6.07 Å². The van der Waals surface area contributed by atoms with E-state index in [-0.39, 0.29) is 24.5 Å². The molecule has 0 spiro atoms. The van der Waals surface area contributed by atoms with Crippen LogP contribution in [0.15, 0.2) is 0 Å². The molecule has 1 saturated carbocycles. The van der Waals surface area contributed by atoms with Crippen molar-refractivity contribution < 1.29 is 35.5 Å². The molecule has 0 amide bonds. The average Bonchev–Trinajstić information content (AvgIpc) is 2.42. The van der Waals surface area contributed by atoms with Gasteiger partial charge in [-0.1, -0.05) is 0 Å². The molecule has 2 nitrogen and oxygen atoms in total. The zero-order valence-corrected chi connectivity index (χ0v) is 12.6. The molecular formula is C13H14F7NOS. The van der Waals surface area contributed by atoms with E-state index in [1.54, 1.807) is 0 Å². The third-order valence-electron chi connectivity index (χ3n) is 3.79. The lowest BCUT2D eigenvalue weighted by molar-refractivity contribution is -0.341. The first kappa shape index (κ1) is 20.1. The Morgan fingerprint density at radius 1 is 1.09 bits per heavy atom. The highest BCUT2D eigenvalue weighted by atomic mass is 32.2. The van der Waals surface area contributed by atoms with Gasteiger partial charge in [-0.25, -0.2) is 4.39 Å². The number of halogens is 7. The number of alkyl halides is 7. The lowest BCUT2D eigenvalue weighted by Crippen LogP contribution is -2.53. The molecule has 0 saturated heterocycles. The number of thioether (sulfide) groups is 1. The Bertz CT molecular complexity index is 444. The Morgan fingerprint density at radius 2 is 1.57 bits per heavy atom. The van der Waals surface area contributed by atoms with Gasteiger partial charge in [-0.05, 0) is 24.5 Å². The summed E-state index contributed by atoms with van der Waals surface area (Å²) < 4.78 is 87.8. The third-order valence-corrected chi connectivity index (χ3v) is 5.08. The van der Waals surface area contributed by atoms with Crippen LogP contribution < -0.4 is 0 Å². The maximum atomic E-state index is 13.5. The molecule has 1 aliphatic carbocycles. The van der Waals surface area contributed by atoms with Crippen LogP contribution in [0.5, 0.6) is 0 Å². The second-order valence-electron chi connectivity index (χ2n) is 5.34. The Balaban J connectivity index is 2.65. The molecule has 1 rings (SSSR count). The summed E-state index contributed by atoms with van der Waals surface area (Å²) in [6.45, 7) is 0. The SMILES string of the molecule is N#CC(SCCC(F)(C(F)(F)F)C(F)(F)F)C1CCC(=O)CC1. The summed E-state index contributed by atoms with van der Waals surface area (Å²) >= 11 is 0.576. The van der Waals surface area contributed by atoms with E-state index in [4.69, 9.17) is 5.26 Å². The zero-order valence-electron chi connectivity index (χ0n) is 11.8. The highest BCUT2D eigenvalue weighted by molar-refractivity contribution is 8.00. The topological polar surface area (TPSA) is 40.9 Å². The number of carbonyl (C=O) groups is 1. The van der Waals surface area contributed by atoms with E-state index in [0.717, 1.165) is 0 Å². The van der Waals surface area contributed by atoms with Crippen molar-refractivity contribution in [2.75, 3.05) is 5.75 Å².